The van der Waals surface area contributed by atoms with Crippen LogP contribution in [-0.4, -0.2) is 36.6 Å². The molecule has 1 fully saturated rings. The number of ether oxygens (including phenoxy) is 1. The van der Waals surface area contributed by atoms with Crippen LogP contribution in [-0.2, 0) is 9.53 Å². The summed E-state index contributed by atoms with van der Waals surface area (Å²) in [6.45, 7) is 9.09. The third-order valence-electron chi connectivity index (χ3n) is 5.18. The van der Waals surface area contributed by atoms with Gasteiger partial charge in [0.1, 0.15) is 5.54 Å². The Balaban J connectivity index is 0.00000338. The molecule has 1 saturated carbocycles. The molecule has 0 radical (unpaired) electrons. The fraction of sp³-hybridized carbons (Fsp3) is 0.579. The van der Waals surface area contributed by atoms with Crippen LogP contribution in [0.2, 0.25) is 0 Å². The van der Waals surface area contributed by atoms with Gasteiger partial charge in [-0.25, -0.2) is 0 Å². The maximum Gasteiger partial charge on any atom is 0.251 e. The number of rotatable bonds is 7. The van der Waals surface area contributed by atoms with Crippen molar-refractivity contribution in [1.82, 2.24) is 5.32 Å². The maximum atomic E-state index is 12.7. The van der Waals surface area contributed by atoms with Crippen LogP contribution in [0, 0.1) is 5.41 Å². The number of carbonyl (C=O) groups is 2. The van der Waals surface area contributed by atoms with E-state index in [1.807, 2.05) is 27.7 Å². The van der Waals surface area contributed by atoms with E-state index in [1.165, 1.54) is 0 Å². The molecular formula is C19H30ClN3O3. The number of benzene rings is 1. The van der Waals surface area contributed by atoms with Crippen molar-refractivity contribution in [3.63, 3.8) is 0 Å². The molecule has 7 heteroatoms. The molecule has 1 aliphatic carbocycles. The predicted molar refractivity (Wildman–Crippen MR) is 106 cm³/mol. The monoisotopic (exact) mass is 383 g/mol. The smallest absolute Gasteiger partial charge is 0.251 e. The van der Waals surface area contributed by atoms with Crippen LogP contribution in [0.4, 0.5) is 5.69 Å². The third kappa shape index (κ3) is 4.19. The van der Waals surface area contributed by atoms with E-state index in [-0.39, 0.29) is 30.3 Å². The molecule has 0 bridgehead atoms. The van der Waals surface area contributed by atoms with Gasteiger partial charge < -0.3 is 21.1 Å². The van der Waals surface area contributed by atoms with Gasteiger partial charge >= 0.3 is 0 Å². The summed E-state index contributed by atoms with van der Waals surface area (Å²) in [6.07, 6.45) is 1.37. The topological polar surface area (TPSA) is 93.5 Å². The lowest BCUT2D eigenvalue weighted by molar-refractivity contribution is -0.166. The summed E-state index contributed by atoms with van der Waals surface area (Å²) in [5.74, 6) is -0.341. The second kappa shape index (κ2) is 8.84. The van der Waals surface area contributed by atoms with E-state index in [4.69, 9.17) is 10.5 Å². The Morgan fingerprint density at radius 1 is 1.23 bits per heavy atom. The van der Waals surface area contributed by atoms with Crippen molar-refractivity contribution in [2.75, 3.05) is 18.5 Å². The Bertz CT molecular complexity index is 633. The van der Waals surface area contributed by atoms with Crippen molar-refractivity contribution in [2.24, 2.45) is 11.1 Å². The van der Waals surface area contributed by atoms with Gasteiger partial charge in [0.2, 0.25) is 5.91 Å². The number of hydrogen-bond donors (Lipinski definition) is 3. The van der Waals surface area contributed by atoms with E-state index in [2.05, 4.69) is 10.6 Å². The van der Waals surface area contributed by atoms with Crippen molar-refractivity contribution in [3.05, 3.63) is 29.8 Å². The van der Waals surface area contributed by atoms with Crippen molar-refractivity contribution in [3.8, 4) is 0 Å². The quantitative estimate of drug-likeness (QED) is 0.674. The van der Waals surface area contributed by atoms with Crippen molar-refractivity contribution < 1.29 is 14.3 Å². The number of halogens is 1. The Morgan fingerprint density at radius 3 is 2.35 bits per heavy atom. The summed E-state index contributed by atoms with van der Waals surface area (Å²) in [5.41, 5.74) is 6.15. The molecule has 0 saturated heterocycles. The average Bonchev–Trinajstić information content (AvgIpc) is 2.59. The highest BCUT2D eigenvalue weighted by molar-refractivity contribution is 6.00. The normalized spacial score (nSPS) is 23.3. The lowest BCUT2D eigenvalue weighted by Crippen LogP contribution is -2.74. The van der Waals surface area contributed by atoms with E-state index in [0.717, 1.165) is 6.42 Å². The van der Waals surface area contributed by atoms with Crippen LogP contribution in [0.1, 0.15) is 50.9 Å². The molecule has 0 aliphatic heterocycles. The van der Waals surface area contributed by atoms with Gasteiger partial charge in [-0.3, -0.25) is 9.59 Å². The zero-order valence-electron chi connectivity index (χ0n) is 15.9. The van der Waals surface area contributed by atoms with E-state index >= 15 is 0 Å². The van der Waals surface area contributed by atoms with Crippen LogP contribution in [0.3, 0.4) is 0 Å². The van der Waals surface area contributed by atoms with Gasteiger partial charge in [-0.05, 0) is 37.6 Å². The molecule has 6 nitrogen and oxygen atoms in total. The van der Waals surface area contributed by atoms with Gasteiger partial charge in [0.25, 0.3) is 5.91 Å². The number of hydrogen-bond acceptors (Lipinski definition) is 4. The number of anilines is 1. The molecule has 1 aliphatic rings. The van der Waals surface area contributed by atoms with E-state index in [0.29, 0.717) is 30.8 Å². The van der Waals surface area contributed by atoms with Crippen LogP contribution in [0.25, 0.3) is 0 Å². The highest BCUT2D eigenvalue weighted by atomic mass is 35.5. The summed E-state index contributed by atoms with van der Waals surface area (Å²) in [5, 5.41) is 5.68. The highest BCUT2D eigenvalue weighted by Gasteiger charge is 2.62. The number of nitrogens with one attached hydrogen (secondary N) is 2. The minimum Gasteiger partial charge on any atom is -0.378 e. The molecule has 2 rings (SSSR count). The first-order chi connectivity index (χ1) is 11.8. The first kappa shape index (κ1) is 22.4. The average molecular weight is 384 g/mol. The molecule has 146 valence electrons. The zero-order valence-corrected chi connectivity index (χ0v) is 16.7. The highest BCUT2D eigenvalue weighted by Crippen LogP contribution is 2.50. The zero-order chi connectivity index (χ0) is 18.7. The van der Waals surface area contributed by atoms with E-state index < -0.39 is 11.0 Å². The van der Waals surface area contributed by atoms with Crippen molar-refractivity contribution >= 4 is 29.9 Å². The fourth-order valence-electron chi connectivity index (χ4n) is 3.11. The van der Waals surface area contributed by atoms with Gasteiger partial charge in [0.15, 0.2) is 0 Å². The maximum absolute atomic E-state index is 12.7. The molecule has 2 unspecified atom stereocenters. The second-order valence-electron chi connectivity index (χ2n) is 7.13. The van der Waals surface area contributed by atoms with Gasteiger partial charge in [-0.15, -0.1) is 12.4 Å². The van der Waals surface area contributed by atoms with Gasteiger partial charge in [0, 0.05) is 36.2 Å². The van der Waals surface area contributed by atoms with Gasteiger partial charge in [-0.1, -0.05) is 20.8 Å². The van der Waals surface area contributed by atoms with E-state index in [9.17, 15) is 9.59 Å². The Morgan fingerprint density at radius 2 is 1.85 bits per heavy atom. The van der Waals surface area contributed by atoms with Crippen LogP contribution < -0.4 is 16.4 Å². The number of carbonyl (C=O) groups excluding carboxylic acids is 2. The molecule has 4 N–H and O–H groups in total. The first-order valence-corrected chi connectivity index (χ1v) is 8.86. The van der Waals surface area contributed by atoms with Crippen molar-refractivity contribution in [1.29, 1.82) is 0 Å². The molecule has 0 aromatic heterocycles. The standard InChI is InChI=1S/C19H29N3O3.ClH/c1-5-11-21-16(23)13-7-9-14(10-8-13)22-17(24)19(20)12-15(25-6-2)18(19,3)4;/h7-10,15H,5-6,11-12,20H2,1-4H3,(H,21,23)(H,22,24);1H. The SMILES string of the molecule is CCCNC(=O)c1ccc(NC(=O)C2(N)CC(OCC)C2(C)C)cc1.Cl. The Labute approximate surface area is 161 Å². The molecule has 1 aromatic carbocycles. The van der Waals surface area contributed by atoms with E-state index in [1.54, 1.807) is 24.3 Å². The largest absolute Gasteiger partial charge is 0.378 e. The first-order valence-electron chi connectivity index (χ1n) is 8.86. The minimum absolute atomic E-state index is 0. The van der Waals surface area contributed by atoms with Crippen LogP contribution in [0.5, 0.6) is 0 Å². The summed E-state index contributed by atoms with van der Waals surface area (Å²) < 4.78 is 5.66. The van der Waals surface area contributed by atoms with Gasteiger partial charge in [-0.2, -0.15) is 0 Å². The Hall–Kier alpha value is -1.63. The van der Waals surface area contributed by atoms with Crippen LogP contribution in [0.15, 0.2) is 24.3 Å². The predicted octanol–water partition coefficient (Wildman–Crippen LogP) is 2.72. The molecule has 26 heavy (non-hydrogen) atoms. The number of amides is 2. The summed E-state index contributed by atoms with van der Waals surface area (Å²) >= 11 is 0. The second-order valence-corrected chi connectivity index (χ2v) is 7.13. The molecule has 0 heterocycles. The molecular weight excluding hydrogens is 354 g/mol. The lowest BCUT2D eigenvalue weighted by Gasteiger charge is -2.57. The Kier molecular flexibility index (Phi) is 7.62. The van der Waals surface area contributed by atoms with Crippen LogP contribution >= 0.6 is 12.4 Å². The summed E-state index contributed by atoms with van der Waals surface area (Å²) in [6, 6.07) is 6.82. The molecule has 1 aromatic rings. The molecule has 2 atom stereocenters. The van der Waals surface area contributed by atoms with Crippen molar-refractivity contribution in [2.45, 2.75) is 52.2 Å². The minimum atomic E-state index is -0.968. The number of nitrogens with two attached hydrogens (primary N) is 1. The molecule has 2 amide bonds. The summed E-state index contributed by atoms with van der Waals surface area (Å²) in [7, 11) is 0. The third-order valence-corrected chi connectivity index (χ3v) is 5.18. The fourth-order valence-corrected chi connectivity index (χ4v) is 3.11. The van der Waals surface area contributed by atoms with Gasteiger partial charge in [0.05, 0.1) is 6.10 Å². The molecule has 0 spiro atoms. The summed E-state index contributed by atoms with van der Waals surface area (Å²) in [4.78, 5) is 24.6. The lowest BCUT2D eigenvalue weighted by atomic mass is 9.54.